The van der Waals surface area contributed by atoms with Gasteiger partial charge in [0.25, 0.3) is 0 Å². The molecule has 2 aromatic heterocycles. The summed E-state index contributed by atoms with van der Waals surface area (Å²) in [5, 5.41) is 11.0. The summed E-state index contributed by atoms with van der Waals surface area (Å²) in [5.41, 5.74) is 3.76. The van der Waals surface area contributed by atoms with E-state index in [1.54, 1.807) is 6.07 Å². The third kappa shape index (κ3) is 2.77. The minimum Gasteiger partial charge on any atom is -0.478 e. The molecule has 0 amide bonds. The number of furan rings is 1. The Morgan fingerprint density at radius 1 is 1.15 bits per heavy atom. The average Bonchev–Trinajstić information content (AvgIpc) is 3.25. The van der Waals surface area contributed by atoms with Crippen LogP contribution in [0.4, 0.5) is 0 Å². The lowest BCUT2D eigenvalue weighted by Gasteiger charge is -2.01. The summed E-state index contributed by atoms with van der Waals surface area (Å²) in [5.74, 6) is 0.0682. The molecule has 0 bridgehead atoms. The number of aryl methyl sites for hydroxylation is 2. The topological polar surface area (TPSA) is 76.2 Å². The van der Waals surface area contributed by atoms with Gasteiger partial charge in [0.1, 0.15) is 5.58 Å². The van der Waals surface area contributed by atoms with Gasteiger partial charge in [0.15, 0.2) is 16.6 Å². The van der Waals surface area contributed by atoms with E-state index in [-0.39, 0.29) is 5.56 Å². The quantitative estimate of drug-likeness (QED) is 0.498. The van der Waals surface area contributed by atoms with Crippen molar-refractivity contribution >= 4 is 40.1 Å². The summed E-state index contributed by atoms with van der Waals surface area (Å²) in [6.07, 6.45) is 0. The maximum absolute atomic E-state index is 11.0. The molecular weight excluding hydrogens is 372 g/mol. The molecule has 2 heterocycles. The summed E-state index contributed by atoms with van der Waals surface area (Å²) in [7, 11) is 0. The molecule has 26 heavy (non-hydrogen) atoms. The van der Waals surface area contributed by atoms with Gasteiger partial charge in [0.2, 0.25) is 0 Å². The molecular formula is C19H13ClN2O3S. The first-order valence-electron chi connectivity index (χ1n) is 7.81. The standard InChI is InChI=1S/C19H13ClN2O3S/c1-9-3-4-10(2)16-13(9)8-15(25-16)18-21-17(22-26-18)12-6-5-11(19(23)24)7-14(12)20/h3-8H,1-2H3,(H,23,24). The monoisotopic (exact) mass is 384 g/mol. The number of nitrogens with zero attached hydrogens (tertiary/aromatic N) is 2. The molecule has 0 saturated heterocycles. The number of fused-ring (bicyclic) bond motifs is 1. The van der Waals surface area contributed by atoms with E-state index in [4.69, 9.17) is 21.1 Å². The molecule has 0 aliphatic rings. The first kappa shape index (κ1) is 16.8. The summed E-state index contributed by atoms with van der Waals surface area (Å²) < 4.78 is 10.3. The zero-order valence-corrected chi connectivity index (χ0v) is 15.5. The molecule has 2 aromatic carbocycles. The molecule has 0 spiro atoms. The molecule has 130 valence electrons. The van der Waals surface area contributed by atoms with E-state index in [1.165, 1.54) is 23.7 Å². The Morgan fingerprint density at radius 2 is 1.92 bits per heavy atom. The van der Waals surface area contributed by atoms with Gasteiger partial charge in [-0.25, -0.2) is 9.78 Å². The highest BCUT2D eigenvalue weighted by molar-refractivity contribution is 7.09. The fourth-order valence-corrected chi connectivity index (χ4v) is 3.66. The minimum absolute atomic E-state index is 0.123. The number of rotatable bonds is 3. The Morgan fingerprint density at radius 3 is 2.62 bits per heavy atom. The van der Waals surface area contributed by atoms with Gasteiger partial charge in [-0.05, 0) is 60.8 Å². The van der Waals surface area contributed by atoms with Gasteiger partial charge in [-0.1, -0.05) is 23.7 Å². The highest BCUT2D eigenvalue weighted by Gasteiger charge is 2.17. The lowest BCUT2D eigenvalue weighted by Crippen LogP contribution is -1.96. The fourth-order valence-electron chi connectivity index (χ4n) is 2.76. The molecule has 4 aromatic rings. The smallest absolute Gasteiger partial charge is 0.335 e. The Labute approximate surface area is 158 Å². The molecule has 0 unspecified atom stereocenters. The lowest BCUT2D eigenvalue weighted by molar-refractivity contribution is 0.0697. The van der Waals surface area contributed by atoms with Crippen molar-refractivity contribution in [2.24, 2.45) is 0 Å². The molecule has 0 saturated carbocycles. The van der Waals surface area contributed by atoms with E-state index in [0.717, 1.165) is 22.1 Å². The predicted octanol–water partition coefficient (Wildman–Crippen LogP) is 5.59. The van der Waals surface area contributed by atoms with Crippen LogP contribution in [0.1, 0.15) is 21.5 Å². The second-order valence-corrected chi connectivity index (χ2v) is 7.13. The third-order valence-electron chi connectivity index (χ3n) is 4.19. The number of hydrogen-bond acceptors (Lipinski definition) is 5. The normalized spacial score (nSPS) is 11.2. The number of hydrogen-bond donors (Lipinski definition) is 1. The van der Waals surface area contributed by atoms with Crippen LogP contribution in [-0.4, -0.2) is 20.4 Å². The van der Waals surface area contributed by atoms with Crippen molar-refractivity contribution in [3.63, 3.8) is 0 Å². The van der Waals surface area contributed by atoms with Crippen LogP contribution in [0.25, 0.3) is 33.1 Å². The largest absolute Gasteiger partial charge is 0.478 e. The first-order chi connectivity index (χ1) is 12.4. The minimum atomic E-state index is -1.03. The highest BCUT2D eigenvalue weighted by atomic mass is 35.5. The molecule has 7 heteroatoms. The summed E-state index contributed by atoms with van der Waals surface area (Å²) in [6, 6.07) is 10.6. The second kappa shape index (κ2) is 6.23. The van der Waals surface area contributed by atoms with E-state index in [2.05, 4.69) is 15.4 Å². The van der Waals surface area contributed by atoms with Crippen molar-refractivity contribution in [1.82, 2.24) is 9.36 Å². The van der Waals surface area contributed by atoms with Crippen molar-refractivity contribution in [3.8, 4) is 22.2 Å². The van der Waals surface area contributed by atoms with Crippen LogP contribution in [0.2, 0.25) is 5.02 Å². The van der Waals surface area contributed by atoms with E-state index in [0.29, 0.717) is 27.2 Å². The average molecular weight is 385 g/mol. The number of carboxylic acids is 1. The summed E-state index contributed by atoms with van der Waals surface area (Å²) >= 11 is 7.42. The Hall–Kier alpha value is -2.70. The van der Waals surface area contributed by atoms with Gasteiger partial charge >= 0.3 is 5.97 Å². The Bertz CT molecular complexity index is 1120. The molecule has 5 nitrogen and oxygen atoms in total. The first-order valence-corrected chi connectivity index (χ1v) is 8.96. The lowest BCUT2D eigenvalue weighted by atomic mass is 10.1. The van der Waals surface area contributed by atoms with Crippen molar-refractivity contribution in [2.45, 2.75) is 13.8 Å². The van der Waals surface area contributed by atoms with Gasteiger partial charge in [-0.3, -0.25) is 0 Å². The van der Waals surface area contributed by atoms with Crippen LogP contribution in [0.5, 0.6) is 0 Å². The Balaban J connectivity index is 1.76. The van der Waals surface area contributed by atoms with Gasteiger partial charge in [-0.2, -0.15) is 4.37 Å². The van der Waals surface area contributed by atoms with Gasteiger partial charge in [0.05, 0.1) is 10.6 Å². The number of carboxylic acid groups (broad SMARTS) is 1. The van der Waals surface area contributed by atoms with E-state index < -0.39 is 5.97 Å². The maximum atomic E-state index is 11.0. The van der Waals surface area contributed by atoms with Crippen LogP contribution in [0.3, 0.4) is 0 Å². The molecule has 0 atom stereocenters. The van der Waals surface area contributed by atoms with Crippen molar-refractivity contribution in [2.75, 3.05) is 0 Å². The van der Waals surface area contributed by atoms with Gasteiger partial charge in [0, 0.05) is 10.9 Å². The van der Waals surface area contributed by atoms with Crippen molar-refractivity contribution < 1.29 is 14.3 Å². The number of halogens is 1. The van der Waals surface area contributed by atoms with Crippen molar-refractivity contribution in [3.05, 3.63) is 58.1 Å². The number of benzene rings is 2. The molecule has 0 fully saturated rings. The molecule has 0 radical (unpaired) electrons. The van der Waals surface area contributed by atoms with Crippen LogP contribution < -0.4 is 0 Å². The Kier molecular flexibility index (Phi) is 4.01. The van der Waals surface area contributed by atoms with Gasteiger partial charge in [-0.15, -0.1) is 0 Å². The second-order valence-electron chi connectivity index (χ2n) is 5.98. The van der Waals surface area contributed by atoms with E-state index in [1.807, 2.05) is 26.0 Å². The zero-order valence-electron chi connectivity index (χ0n) is 13.9. The number of aromatic carboxylic acids is 1. The highest BCUT2D eigenvalue weighted by Crippen LogP contribution is 2.35. The van der Waals surface area contributed by atoms with Crippen LogP contribution >= 0.6 is 23.1 Å². The summed E-state index contributed by atoms with van der Waals surface area (Å²) in [4.78, 5) is 15.6. The SMILES string of the molecule is Cc1ccc(C)c2oc(-c3nc(-c4ccc(C(=O)O)cc4Cl)ns3)cc12. The predicted molar refractivity (Wildman–Crippen MR) is 102 cm³/mol. The maximum Gasteiger partial charge on any atom is 0.335 e. The van der Waals surface area contributed by atoms with Crippen LogP contribution in [-0.2, 0) is 0 Å². The molecule has 1 N–H and O–H groups in total. The van der Waals surface area contributed by atoms with Crippen LogP contribution in [0.15, 0.2) is 40.8 Å². The number of carbonyl (C=O) groups is 1. The van der Waals surface area contributed by atoms with E-state index >= 15 is 0 Å². The van der Waals surface area contributed by atoms with E-state index in [9.17, 15) is 4.79 Å². The number of aromatic nitrogens is 2. The molecule has 0 aliphatic heterocycles. The fraction of sp³-hybridized carbons (Fsp3) is 0.105. The zero-order chi connectivity index (χ0) is 18.4. The molecule has 4 rings (SSSR count). The van der Waals surface area contributed by atoms with Crippen LogP contribution in [0, 0.1) is 13.8 Å². The summed E-state index contributed by atoms with van der Waals surface area (Å²) in [6.45, 7) is 4.04. The third-order valence-corrected chi connectivity index (χ3v) is 5.23. The van der Waals surface area contributed by atoms with Gasteiger partial charge < -0.3 is 9.52 Å². The van der Waals surface area contributed by atoms with Crippen molar-refractivity contribution in [1.29, 1.82) is 0 Å². The molecule has 0 aliphatic carbocycles.